The van der Waals surface area contributed by atoms with Gasteiger partial charge in [-0.05, 0) is 40.3 Å². The number of rotatable bonds is 3. The van der Waals surface area contributed by atoms with E-state index in [1.807, 2.05) is 18.5 Å². The molecule has 0 atom stereocenters. The van der Waals surface area contributed by atoms with E-state index in [9.17, 15) is 0 Å². The summed E-state index contributed by atoms with van der Waals surface area (Å²) in [5.74, 6) is 0. The summed E-state index contributed by atoms with van der Waals surface area (Å²) in [6, 6.07) is 2.02. The predicted molar refractivity (Wildman–Crippen MR) is 67.0 cm³/mol. The molecule has 15 heavy (non-hydrogen) atoms. The first-order chi connectivity index (χ1) is 7.20. The number of nitrogens with one attached hydrogen (secondary N) is 1. The Morgan fingerprint density at radius 2 is 2.20 bits per heavy atom. The molecule has 0 amide bonds. The third kappa shape index (κ3) is 2.71. The summed E-state index contributed by atoms with van der Waals surface area (Å²) in [7, 11) is 0. The molecule has 1 fully saturated rings. The maximum atomic E-state index is 4.06. The highest BCUT2D eigenvalue weighted by atomic mass is 79.9. The van der Waals surface area contributed by atoms with Crippen LogP contribution in [0.1, 0.15) is 32.6 Å². The molecule has 1 heterocycles. The van der Waals surface area contributed by atoms with Crippen molar-refractivity contribution in [3.05, 3.63) is 22.9 Å². The van der Waals surface area contributed by atoms with Crippen molar-refractivity contribution in [1.82, 2.24) is 4.98 Å². The number of anilines is 1. The maximum Gasteiger partial charge on any atom is 0.0590 e. The lowest BCUT2D eigenvalue weighted by Gasteiger charge is -2.24. The maximum absolute atomic E-state index is 4.06. The van der Waals surface area contributed by atoms with Crippen molar-refractivity contribution in [1.29, 1.82) is 0 Å². The Kier molecular flexibility index (Phi) is 3.29. The number of hydrogen-bond donors (Lipinski definition) is 1. The second-order valence-electron chi connectivity index (χ2n) is 4.73. The van der Waals surface area contributed by atoms with E-state index in [1.54, 1.807) is 0 Å². The summed E-state index contributed by atoms with van der Waals surface area (Å²) in [6.07, 6.45) is 9.13. The molecule has 1 N–H and O–H groups in total. The molecule has 2 rings (SSSR count). The molecule has 0 radical (unpaired) electrons. The second-order valence-corrected chi connectivity index (χ2v) is 5.58. The van der Waals surface area contributed by atoms with Gasteiger partial charge in [0.05, 0.1) is 10.2 Å². The van der Waals surface area contributed by atoms with E-state index < -0.39 is 0 Å². The minimum atomic E-state index is 0.489. The Hall–Kier alpha value is -0.570. The van der Waals surface area contributed by atoms with Crippen molar-refractivity contribution in [2.75, 3.05) is 11.9 Å². The van der Waals surface area contributed by atoms with Crippen molar-refractivity contribution in [2.45, 2.75) is 32.6 Å². The second kappa shape index (κ2) is 4.52. The number of halogens is 1. The van der Waals surface area contributed by atoms with Crippen molar-refractivity contribution in [3.8, 4) is 0 Å². The average Bonchev–Trinajstić information content (AvgIpc) is 2.65. The first-order valence-electron chi connectivity index (χ1n) is 5.53. The van der Waals surface area contributed by atoms with Crippen LogP contribution in [0.15, 0.2) is 22.9 Å². The first-order valence-corrected chi connectivity index (χ1v) is 6.32. The van der Waals surface area contributed by atoms with E-state index in [-0.39, 0.29) is 0 Å². The van der Waals surface area contributed by atoms with Gasteiger partial charge in [0.15, 0.2) is 0 Å². The lowest BCUT2D eigenvalue weighted by atomic mass is 9.89. The fourth-order valence-electron chi connectivity index (χ4n) is 2.23. The van der Waals surface area contributed by atoms with Gasteiger partial charge in [0.1, 0.15) is 0 Å². The summed E-state index contributed by atoms with van der Waals surface area (Å²) in [4.78, 5) is 4.06. The summed E-state index contributed by atoms with van der Waals surface area (Å²) in [5.41, 5.74) is 1.64. The average molecular weight is 269 g/mol. The highest BCUT2D eigenvalue weighted by Crippen LogP contribution is 2.37. The molecular weight excluding hydrogens is 252 g/mol. The monoisotopic (exact) mass is 268 g/mol. The molecule has 1 aromatic heterocycles. The largest absolute Gasteiger partial charge is 0.383 e. The van der Waals surface area contributed by atoms with Crippen LogP contribution in [-0.2, 0) is 0 Å². The molecule has 3 heteroatoms. The summed E-state index contributed by atoms with van der Waals surface area (Å²) >= 11 is 3.50. The van der Waals surface area contributed by atoms with Crippen molar-refractivity contribution in [2.24, 2.45) is 5.41 Å². The van der Waals surface area contributed by atoms with Gasteiger partial charge < -0.3 is 5.32 Å². The van der Waals surface area contributed by atoms with Gasteiger partial charge in [-0.15, -0.1) is 0 Å². The van der Waals surface area contributed by atoms with Crippen LogP contribution in [0.3, 0.4) is 0 Å². The van der Waals surface area contributed by atoms with Crippen LogP contribution in [0.25, 0.3) is 0 Å². The fraction of sp³-hybridized carbons (Fsp3) is 0.583. The SMILES string of the molecule is CC1(CNc2ccncc2Br)CCCC1. The number of pyridine rings is 1. The van der Waals surface area contributed by atoms with E-state index in [2.05, 4.69) is 33.2 Å². The first kappa shape index (κ1) is 10.9. The van der Waals surface area contributed by atoms with Crippen LogP contribution in [0.5, 0.6) is 0 Å². The van der Waals surface area contributed by atoms with Gasteiger partial charge in [0.2, 0.25) is 0 Å². The van der Waals surface area contributed by atoms with Crippen molar-refractivity contribution >= 4 is 21.6 Å². The molecule has 0 unspecified atom stereocenters. The Balaban J connectivity index is 1.95. The molecule has 82 valence electrons. The predicted octanol–water partition coefficient (Wildman–Crippen LogP) is 3.84. The summed E-state index contributed by atoms with van der Waals surface area (Å²) in [5, 5.41) is 3.51. The molecule has 1 aromatic rings. The third-order valence-electron chi connectivity index (χ3n) is 3.29. The molecule has 0 aromatic carbocycles. The third-order valence-corrected chi connectivity index (χ3v) is 3.92. The van der Waals surface area contributed by atoms with Crippen molar-refractivity contribution < 1.29 is 0 Å². The minimum Gasteiger partial charge on any atom is -0.383 e. The topological polar surface area (TPSA) is 24.9 Å². The zero-order valence-corrected chi connectivity index (χ0v) is 10.7. The molecule has 0 bridgehead atoms. The number of aromatic nitrogens is 1. The van der Waals surface area contributed by atoms with Crippen LogP contribution < -0.4 is 5.32 Å². The smallest absolute Gasteiger partial charge is 0.0590 e. The Morgan fingerprint density at radius 3 is 2.87 bits per heavy atom. The van der Waals surface area contributed by atoms with E-state index in [0.717, 1.165) is 16.7 Å². The standard InChI is InChI=1S/C12H17BrN2/c1-12(5-2-3-6-12)9-15-11-4-7-14-8-10(11)13/h4,7-8H,2-3,5-6,9H2,1H3,(H,14,15). The van der Waals surface area contributed by atoms with Gasteiger partial charge >= 0.3 is 0 Å². The Morgan fingerprint density at radius 1 is 1.47 bits per heavy atom. The van der Waals surface area contributed by atoms with Gasteiger partial charge in [0, 0.05) is 18.9 Å². The molecular formula is C12H17BrN2. The zero-order valence-electron chi connectivity index (χ0n) is 9.09. The van der Waals surface area contributed by atoms with Gasteiger partial charge in [0.25, 0.3) is 0 Å². The highest BCUT2D eigenvalue weighted by Gasteiger charge is 2.28. The number of nitrogens with zero attached hydrogens (tertiary/aromatic N) is 1. The Bertz CT molecular complexity index is 332. The number of hydrogen-bond acceptors (Lipinski definition) is 2. The Labute approximate surface area is 99.6 Å². The summed E-state index contributed by atoms with van der Waals surface area (Å²) < 4.78 is 1.05. The minimum absolute atomic E-state index is 0.489. The highest BCUT2D eigenvalue weighted by molar-refractivity contribution is 9.10. The van der Waals surface area contributed by atoms with Crippen LogP contribution in [-0.4, -0.2) is 11.5 Å². The molecule has 0 saturated heterocycles. The van der Waals surface area contributed by atoms with E-state index in [1.165, 1.54) is 25.7 Å². The lowest BCUT2D eigenvalue weighted by molar-refractivity contribution is 0.362. The molecule has 0 aliphatic heterocycles. The van der Waals surface area contributed by atoms with Crippen LogP contribution in [0.4, 0.5) is 5.69 Å². The molecule has 1 saturated carbocycles. The normalized spacial score (nSPS) is 19.1. The van der Waals surface area contributed by atoms with E-state index >= 15 is 0 Å². The quantitative estimate of drug-likeness (QED) is 0.901. The van der Waals surface area contributed by atoms with E-state index in [4.69, 9.17) is 0 Å². The van der Waals surface area contributed by atoms with Crippen LogP contribution >= 0.6 is 15.9 Å². The van der Waals surface area contributed by atoms with Gasteiger partial charge in [-0.2, -0.15) is 0 Å². The van der Waals surface area contributed by atoms with Gasteiger partial charge in [-0.1, -0.05) is 19.8 Å². The zero-order chi connectivity index (χ0) is 10.7. The molecule has 2 nitrogen and oxygen atoms in total. The molecule has 0 spiro atoms. The lowest BCUT2D eigenvalue weighted by Crippen LogP contribution is -2.23. The van der Waals surface area contributed by atoms with Crippen LogP contribution in [0, 0.1) is 5.41 Å². The fourth-order valence-corrected chi connectivity index (χ4v) is 2.62. The molecule has 1 aliphatic rings. The summed E-state index contributed by atoms with van der Waals surface area (Å²) in [6.45, 7) is 3.44. The van der Waals surface area contributed by atoms with Crippen molar-refractivity contribution in [3.63, 3.8) is 0 Å². The van der Waals surface area contributed by atoms with Gasteiger partial charge in [-0.25, -0.2) is 0 Å². The van der Waals surface area contributed by atoms with Gasteiger partial charge in [-0.3, -0.25) is 4.98 Å². The van der Waals surface area contributed by atoms with E-state index in [0.29, 0.717) is 5.41 Å². The van der Waals surface area contributed by atoms with Crippen LogP contribution in [0.2, 0.25) is 0 Å². The molecule has 1 aliphatic carbocycles.